The number of ether oxygens (including phenoxy) is 1. The monoisotopic (exact) mass is 384 g/mol. The number of hydrogen-bond donors (Lipinski definition) is 1. The Morgan fingerprint density at radius 3 is 2.74 bits per heavy atom. The molecule has 7 nitrogen and oxygen atoms in total. The molecule has 2 heterocycles. The third kappa shape index (κ3) is 3.83. The maximum absolute atomic E-state index is 12.4. The first-order valence-electron chi connectivity index (χ1n) is 8.41. The maximum atomic E-state index is 12.4. The summed E-state index contributed by atoms with van der Waals surface area (Å²) >= 11 is 1.30. The van der Waals surface area contributed by atoms with Crippen molar-refractivity contribution in [3.63, 3.8) is 0 Å². The quantitative estimate of drug-likeness (QED) is 0.630. The Bertz CT molecular complexity index is 1000. The lowest BCUT2D eigenvalue weighted by Crippen LogP contribution is -2.33. The standard InChI is InChI=1S/C19H20N4O3S/c1-19(2,3)26-18(25)23-9-11-6-5-7-12(14(11)10-23)15-13(8-20)16(24)22-17(21-15)27-4/h5-7H,9-10H2,1-4H3,(H,21,22,24). The highest BCUT2D eigenvalue weighted by Gasteiger charge is 2.30. The zero-order valence-electron chi connectivity index (χ0n) is 15.6. The second-order valence-corrected chi connectivity index (χ2v) is 7.99. The van der Waals surface area contributed by atoms with Crippen LogP contribution in [0.4, 0.5) is 4.79 Å². The SMILES string of the molecule is CSc1nc(-c2cccc3c2CN(C(=O)OC(C)(C)C)C3)c(C#N)c(=O)[nH]1. The van der Waals surface area contributed by atoms with Gasteiger partial charge in [-0.25, -0.2) is 9.78 Å². The zero-order chi connectivity index (χ0) is 19.8. The molecule has 27 heavy (non-hydrogen) atoms. The Hall–Kier alpha value is -2.79. The number of rotatable bonds is 2. The van der Waals surface area contributed by atoms with Gasteiger partial charge in [-0.15, -0.1) is 0 Å². The molecule has 0 saturated heterocycles. The van der Waals surface area contributed by atoms with Crippen molar-refractivity contribution in [2.75, 3.05) is 6.26 Å². The second kappa shape index (κ2) is 7.08. The van der Waals surface area contributed by atoms with E-state index in [0.29, 0.717) is 29.5 Å². The number of nitrogens with zero attached hydrogens (tertiary/aromatic N) is 3. The summed E-state index contributed by atoms with van der Waals surface area (Å²) in [6, 6.07) is 7.54. The molecule has 0 bridgehead atoms. The van der Waals surface area contributed by atoms with Crippen LogP contribution >= 0.6 is 11.8 Å². The average Bonchev–Trinajstić information content (AvgIpc) is 3.04. The van der Waals surface area contributed by atoms with E-state index in [1.165, 1.54) is 11.8 Å². The molecule has 0 unspecified atom stereocenters. The molecule has 2 aromatic rings. The normalized spacial score (nSPS) is 13.2. The van der Waals surface area contributed by atoms with E-state index in [1.54, 1.807) is 11.2 Å². The lowest BCUT2D eigenvalue weighted by Gasteiger charge is -2.24. The predicted molar refractivity (Wildman–Crippen MR) is 102 cm³/mol. The molecule has 1 aromatic carbocycles. The van der Waals surface area contributed by atoms with Gasteiger partial charge in [-0.3, -0.25) is 9.69 Å². The largest absolute Gasteiger partial charge is 0.444 e. The number of carbonyl (C=O) groups is 1. The Labute approximate surface area is 161 Å². The van der Waals surface area contributed by atoms with Gasteiger partial charge in [-0.05, 0) is 38.2 Å². The van der Waals surface area contributed by atoms with E-state index in [9.17, 15) is 14.9 Å². The molecule has 3 rings (SSSR count). The Balaban J connectivity index is 2.04. The second-order valence-electron chi connectivity index (χ2n) is 7.19. The van der Waals surface area contributed by atoms with E-state index in [0.717, 1.165) is 11.1 Å². The Morgan fingerprint density at radius 2 is 2.11 bits per heavy atom. The molecule has 0 radical (unpaired) electrons. The number of nitrogens with one attached hydrogen (secondary N) is 1. The van der Waals surface area contributed by atoms with Crippen LogP contribution in [0.15, 0.2) is 28.2 Å². The Kier molecular flexibility index (Phi) is 4.98. The van der Waals surface area contributed by atoms with Gasteiger partial charge in [0.2, 0.25) is 0 Å². The van der Waals surface area contributed by atoms with Crippen LogP contribution in [0.25, 0.3) is 11.3 Å². The molecule has 1 N–H and O–H groups in total. The van der Waals surface area contributed by atoms with E-state index in [2.05, 4.69) is 9.97 Å². The molecule has 140 valence electrons. The highest BCUT2D eigenvalue weighted by Crippen LogP contribution is 2.33. The lowest BCUT2D eigenvalue weighted by molar-refractivity contribution is 0.0242. The van der Waals surface area contributed by atoms with Crippen molar-refractivity contribution in [1.82, 2.24) is 14.9 Å². The zero-order valence-corrected chi connectivity index (χ0v) is 16.4. The minimum atomic E-state index is -0.579. The number of thioether (sulfide) groups is 1. The van der Waals surface area contributed by atoms with Crippen molar-refractivity contribution >= 4 is 17.9 Å². The number of aromatic amines is 1. The molecule has 0 aliphatic carbocycles. The van der Waals surface area contributed by atoms with Crippen LogP contribution in [0.5, 0.6) is 0 Å². The van der Waals surface area contributed by atoms with Crippen molar-refractivity contribution < 1.29 is 9.53 Å². The van der Waals surface area contributed by atoms with Crippen molar-refractivity contribution in [3.05, 3.63) is 45.2 Å². The van der Waals surface area contributed by atoms with Gasteiger partial charge in [0.05, 0.1) is 12.2 Å². The molecule has 1 aliphatic heterocycles. The number of benzene rings is 1. The van der Waals surface area contributed by atoms with Crippen LogP contribution in [-0.2, 0) is 17.8 Å². The highest BCUT2D eigenvalue weighted by atomic mass is 32.2. The molecule has 8 heteroatoms. The van der Waals surface area contributed by atoms with Crippen molar-refractivity contribution in [2.45, 2.75) is 44.6 Å². The van der Waals surface area contributed by atoms with Crippen molar-refractivity contribution in [3.8, 4) is 17.3 Å². The lowest BCUT2D eigenvalue weighted by atomic mass is 9.98. The summed E-state index contributed by atoms with van der Waals surface area (Å²) in [6.07, 6.45) is 1.40. The third-order valence-corrected chi connectivity index (χ3v) is 4.67. The smallest absolute Gasteiger partial charge is 0.410 e. The van der Waals surface area contributed by atoms with E-state index in [4.69, 9.17) is 4.74 Å². The van der Waals surface area contributed by atoms with Gasteiger partial charge in [0.1, 0.15) is 17.2 Å². The number of hydrogen-bond acceptors (Lipinski definition) is 6. The number of amides is 1. The summed E-state index contributed by atoms with van der Waals surface area (Å²) < 4.78 is 5.46. The van der Waals surface area contributed by atoms with Gasteiger partial charge in [0.15, 0.2) is 5.16 Å². The van der Waals surface area contributed by atoms with Crippen LogP contribution in [0.1, 0.15) is 37.5 Å². The van der Waals surface area contributed by atoms with E-state index >= 15 is 0 Å². The summed E-state index contributed by atoms with van der Waals surface area (Å²) in [5.41, 5.74) is 1.79. The first kappa shape index (κ1) is 19.0. The van der Waals surface area contributed by atoms with E-state index in [1.807, 2.05) is 45.0 Å². The highest BCUT2D eigenvalue weighted by molar-refractivity contribution is 7.98. The molecule has 0 atom stereocenters. The van der Waals surface area contributed by atoms with Crippen LogP contribution in [0.2, 0.25) is 0 Å². The molecule has 1 amide bonds. The molecule has 0 spiro atoms. The maximum Gasteiger partial charge on any atom is 0.410 e. The minimum Gasteiger partial charge on any atom is -0.444 e. The topological polar surface area (TPSA) is 99.1 Å². The van der Waals surface area contributed by atoms with Crippen LogP contribution < -0.4 is 5.56 Å². The molecular formula is C19H20N4O3S. The predicted octanol–water partition coefficient (Wildman–Crippen LogP) is 3.28. The fraction of sp³-hybridized carbons (Fsp3) is 0.368. The average molecular weight is 384 g/mol. The van der Waals surface area contributed by atoms with Gasteiger partial charge in [0, 0.05) is 12.1 Å². The first-order valence-corrected chi connectivity index (χ1v) is 9.63. The molecule has 1 aromatic heterocycles. The van der Waals surface area contributed by atoms with Gasteiger partial charge < -0.3 is 9.72 Å². The van der Waals surface area contributed by atoms with Gasteiger partial charge in [-0.2, -0.15) is 5.26 Å². The summed E-state index contributed by atoms with van der Waals surface area (Å²) in [4.78, 5) is 33.3. The number of H-pyrrole nitrogens is 1. The van der Waals surface area contributed by atoms with E-state index in [-0.39, 0.29) is 5.56 Å². The van der Waals surface area contributed by atoms with Crippen molar-refractivity contribution in [2.24, 2.45) is 0 Å². The van der Waals surface area contributed by atoms with Gasteiger partial charge >= 0.3 is 6.09 Å². The number of aromatic nitrogens is 2. The first-order chi connectivity index (χ1) is 12.7. The van der Waals surface area contributed by atoms with Crippen molar-refractivity contribution in [1.29, 1.82) is 5.26 Å². The molecule has 0 fully saturated rings. The molecular weight excluding hydrogens is 364 g/mol. The summed E-state index contributed by atoms with van der Waals surface area (Å²) in [7, 11) is 0. The molecule has 1 aliphatic rings. The fourth-order valence-electron chi connectivity index (χ4n) is 2.95. The van der Waals surface area contributed by atoms with Gasteiger partial charge in [0.25, 0.3) is 5.56 Å². The number of fused-ring (bicyclic) bond motifs is 1. The van der Waals surface area contributed by atoms with Crippen LogP contribution in [0.3, 0.4) is 0 Å². The third-order valence-electron chi connectivity index (χ3n) is 4.09. The fourth-order valence-corrected chi connectivity index (χ4v) is 3.32. The van der Waals surface area contributed by atoms with Crippen LogP contribution in [0, 0.1) is 11.3 Å². The Morgan fingerprint density at radius 1 is 1.37 bits per heavy atom. The minimum absolute atomic E-state index is 0.0306. The summed E-state index contributed by atoms with van der Waals surface area (Å²) in [5, 5.41) is 9.88. The van der Waals surface area contributed by atoms with Crippen LogP contribution in [-0.4, -0.2) is 32.8 Å². The number of nitriles is 1. The molecule has 0 saturated carbocycles. The number of carbonyl (C=O) groups excluding carboxylic acids is 1. The van der Waals surface area contributed by atoms with Gasteiger partial charge in [-0.1, -0.05) is 30.0 Å². The van der Waals surface area contributed by atoms with E-state index < -0.39 is 17.3 Å². The summed E-state index contributed by atoms with van der Waals surface area (Å²) in [5.74, 6) is 0. The summed E-state index contributed by atoms with van der Waals surface area (Å²) in [6.45, 7) is 6.22.